The van der Waals surface area contributed by atoms with Gasteiger partial charge in [0.2, 0.25) is 0 Å². The van der Waals surface area contributed by atoms with Crippen LogP contribution in [0.3, 0.4) is 0 Å². The predicted octanol–water partition coefficient (Wildman–Crippen LogP) is 3.93. The zero-order valence-corrected chi connectivity index (χ0v) is 18.1. The lowest BCUT2D eigenvalue weighted by molar-refractivity contribution is 0.0963. The van der Waals surface area contributed by atoms with Crippen molar-refractivity contribution in [2.75, 3.05) is 20.6 Å². The largest absolute Gasteiger partial charge is 0.356 e. The molecule has 0 bridgehead atoms. The third-order valence-electron chi connectivity index (χ3n) is 5.26. The minimum Gasteiger partial charge on any atom is -0.356 e. The van der Waals surface area contributed by atoms with Gasteiger partial charge < -0.3 is 16.0 Å². The lowest BCUT2D eigenvalue weighted by Crippen LogP contribution is -2.37. The number of guanidine groups is 1. The molecule has 3 aromatic carbocycles. The van der Waals surface area contributed by atoms with Crippen LogP contribution < -0.4 is 16.0 Å². The van der Waals surface area contributed by atoms with Gasteiger partial charge in [-0.3, -0.25) is 9.79 Å². The van der Waals surface area contributed by atoms with Crippen molar-refractivity contribution in [3.05, 3.63) is 107 Å². The number of benzene rings is 3. The number of amides is 1. The second kappa shape index (κ2) is 11.6. The Morgan fingerprint density at radius 2 is 1.42 bits per heavy atom. The first-order chi connectivity index (χ1) is 15.2. The minimum absolute atomic E-state index is 0.0802. The van der Waals surface area contributed by atoms with Gasteiger partial charge in [-0.2, -0.15) is 0 Å². The molecule has 0 aliphatic carbocycles. The molecule has 0 saturated heterocycles. The molecule has 3 N–H and O–H groups in total. The van der Waals surface area contributed by atoms with Crippen LogP contribution in [-0.4, -0.2) is 32.5 Å². The van der Waals surface area contributed by atoms with Crippen molar-refractivity contribution in [1.82, 2.24) is 16.0 Å². The molecule has 3 rings (SSSR count). The van der Waals surface area contributed by atoms with E-state index in [-0.39, 0.29) is 5.91 Å². The molecule has 0 aliphatic heterocycles. The molecule has 0 spiro atoms. The number of hydrogen-bond donors (Lipinski definition) is 3. The summed E-state index contributed by atoms with van der Waals surface area (Å²) in [6, 6.07) is 28.8. The van der Waals surface area contributed by atoms with E-state index < -0.39 is 0 Å². The third-order valence-corrected chi connectivity index (χ3v) is 5.26. The Morgan fingerprint density at radius 1 is 0.839 bits per heavy atom. The zero-order chi connectivity index (χ0) is 21.9. The number of carbonyl (C=O) groups is 1. The Bertz CT molecular complexity index is 930. The van der Waals surface area contributed by atoms with Crippen molar-refractivity contribution < 1.29 is 4.79 Å². The fourth-order valence-corrected chi connectivity index (χ4v) is 3.56. The summed E-state index contributed by atoms with van der Waals surface area (Å²) in [5.41, 5.74) is 4.37. The minimum atomic E-state index is -0.0802. The number of hydrogen-bond acceptors (Lipinski definition) is 2. The van der Waals surface area contributed by atoms with E-state index in [4.69, 9.17) is 0 Å². The van der Waals surface area contributed by atoms with E-state index in [0.717, 1.165) is 24.5 Å². The third kappa shape index (κ3) is 6.44. The molecule has 0 aliphatic rings. The van der Waals surface area contributed by atoms with Crippen molar-refractivity contribution in [2.45, 2.75) is 18.9 Å². The Labute approximate surface area is 184 Å². The van der Waals surface area contributed by atoms with Crippen molar-refractivity contribution in [2.24, 2.45) is 4.99 Å². The van der Waals surface area contributed by atoms with Gasteiger partial charge in [0, 0.05) is 38.7 Å². The number of rotatable bonds is 8. The maximum atomic E-state index is 11.7. The summed E-state index contributed by atoms with van der Waals surface area (Å²) < 4.78 is 0. The van der Waals surface area contributed by atoms with Gasteiger partial charge in [-0.05, 0) is 35.2 Å². The molecule has 160 valence electrons. The highest BCUT2D eigenvalue weighted by atomic mass is 16.1. The molecule has 31 heavy (non-hydrogen) atoms. The van der Waals surface area contributed by atoms with Gasteiger partial charge in [-0.15, -0.1) is 0 Å². The highest BCUT2D eigenvalue weighted by molar-refractivity contribution is 5.93. The molecule has 5 nitrogen and oxygen atoms in total. The molecular weight excluding hydrogens is 384 g/mol. The molecule has 0 unspecified atom stereocenters. The first-order valence-electron chi connectivity index (χ1n) is 10.6. The molecular formula is C26H30N4O. The van der Waals surface area contributed by atoms with Crippen molar-refractivity contribution >= 4 is 11.9 Å². The van der Waals surface area contributed by atoms with E-state index in [0.29, 0.717) is 18.0 Å². The van der Waals surface area contributed by atoms with Gasteiger partial charge in [0.25, 0.3) is 5.91 Å². The summed E-state index contributed by atoms with van der Waals surface area (Å²) in [4.78, 5) is 16.0. The van der Waals surface area contributed by atoms with Crippen LogP contribution in [0.15, 0.2) is 89.9 Å². The lowest BCUT2D eigenvalue weighted by Gasteiger charge is -2.19. The van der Waals surface area contributed by atoms with E-state index in [1.807, 2.05) is 24.3 Å². The second-order valence-electron chi connectivity index (χ2n) is 7.29. The predicted molar refractivity (Wildman–Crippen MR) is 127 cm³/mol. The highest BCUT2D eigenvalue weighted by Crippen LogP contribution is 2.27. The molecule has 0 heterocycles. The first-order valence-corrected chi connectivity index (χ1v) is 10.6. The summed E-state index contributed by atoms with van der Waals surface area (Å²) in [5, 5.41) is 9.40. The maximum absolute atomic E-state index is 11.7. The van der Waals surface area contributed by atoms with Crippen molar-refractivity contribution in [1.29, 1.82) is 0 Å². The SMILES string of the molecule is CN=C(NCCC(c1ccccc1)c1ccccc1)NCc1ccc(C(=O)NC)cc1. The van der Waals surface area contributed by atoms with Crippen LogP contribution in [0.1, 0.15) is 39.4 Å². The Morgan fingerprint density at radius 3 is 1.94 bits per heavy atom. The fourth-order valence-electron chi connectivity index (χ4n) is 3.56. The standard InChI is InChI=1S/C26H30N4O/c1-27-25(31)23-15-13-20(14-16-23)19-30-26(28-2)29-18-17-24(21-9-5-3-6-10-21)22-11-7-4-8-12-22/h3-16,24H,17-19H2,1-2H3,(H,27,31)(H2,28,29,30). The second-order valence-corrected chi connectivity index (χ2v) is 7.29. The Balaban J connectivity index is 1.55. The normalized spacial score (nSPS) is 11.3. The van der Waals surface area contributed by atoms with Crippen LogP contribution in [0, 0.1) is 0 Å². The molecule has 0 aromatic heterocycles. The average molecular weight is 415 g/mol. The van der Waals surface area contributed by atoms with E-state index >= 15 is 0 Å². The van der Waals surface area contributed by atoms with E-state index in [1.165, 1.54) is 11.1 Å². The van der Waals surface area contributed by atoms with Crippen LogP contribution in [0.2, 0.25) is 0 Å². The molecule has 3 aromatic rings. The van der Waals surface area contributed by atoms with Crippen LogP contribution in [0.25, 0.3) is 0 Å². The quantitative estimate of drug-likeness (QED) is 0.386. The van der Waals surface area contributed by atoms with Gasteiger partial charge in [0.05, 0.1) is 0 Å². The molecule has 1 amide bonds. The van der Waals surface area contributed by atoms with Crippen LogP contribution in [-0.2, 0) is 6.54 Å². The first kappa shape index (κ1) is 22.1. The van der Waals surface area contributed by atoms with Crippen molar-refractivity contribution in [3.63, 3.8) is 0 Å². The Kier molecular flexibility index (Phi) is 8.23. The number of aliphatic imine (C=N–C) groups is 1. The van der Waals surface area contributed by atoms with E-state index in [1.54, 1.807) is 14.1 Å². The monoisotopic (exact) mass is 414 g/mol. The molecule has 0 atom stereocenters. The van der Waals surface area contributed by atoms with Gasteiger partial charge in [0.1, 0.15) is 0 Å². The highest BCUT2D eigenvalue weighted by Gasteiger charge is 2.13. The molecule has 5 heteroatoms. The number of nitrogens with one attached hydrogen (secondary N) is 3. The van der Waals surface area contributed by atoms with Crippen LogP contribution >= 0.6 is 0 Å². The van der Waals surface area contributed by atoms with Gasteiger partial charge >= 0.3 is 0 Å². The summed E-state index contributed by atoms with van der Waals surface area (Å²) >= 11 is 0. The molecule has 0 radical (unpaired) electrons. The van der Waals surface area contributed by atoms with E-state index in [9.17, 15) is 4.79 Å². The topological polar surface area (TPSA) is 65.5 Å². The maximum Gasteiger partial charge on any atom is 0.251 e. The van der Waals surface area contributed by atoms with Gasteiger partial charge in [0.15, 0.2) is 5.96 Å². The van der Waals surface area contributed by atoms with Gasteiger partial charge in [-0.1, -0.05) is 72.8 Å². The zero-order valence-electron chi connectivity index (χ0n) is 18.1. The molecule has 0 fully saturated rings. The smallest absolute Gasteiger partial charge is 0.251 e. The lowest BCUT2D eigenvalue weighted by atomic mass is 9.88. The summed E-state index contributed by atoms with van der Waals surface area (Å²) in [5.74, 6) is 1.00. The summed E-state index contributed by atoms with van der Waals surface area (Å²) in [6.07, 6.45) is 0.954. The molecule has 0 saturated carbocycles. The van der Waals surface area contributed by atoms with Crippen molar-refractivity contribution in [3.8, 4) is 0 Å². The summed E-state index contributed by atoms with van der Waals surface area (Å²) in [6.45, 7) is 1.43. The van der Waals surface area contributed by atoms with Crippen LogP contribution in [0.4, 0.5) is 0 Å². The van der Waals surface area contributed by atoms with E-state index in [2.05, 4.69) is 81.6 Å². The average Bonchev–Trinajstić information content (AvgIpc) is 2.84. The fraction of sp³-hybridized carbons (Fsp3) is 0.231. The summed E-state index contributed by atoms with van der Waals surface area (Å²) in [7, 11) is 3.41. The van der Waals surface area contributed by atoms with Crippen LogP contribution in [0.5, 0.6) is 0 Å². The number of carbonyl (C=O) groups excluding carboxylic acids is 1. The Hall–Kier alpha value is -3.60. The number of nitrogens with zero attached hydrogens (tertiary/aromatic N) is 1. The van der Waals surface area contributed by atoms with Gasteiger partial charge in [-0.25, -0.2) is 0 Å².